The summed E-state index contributed by atoms with van der Waals surface area (Å²) in [6.07, 6.45) is 5.72. The first-order chi connectivity index (χ1) is 7.08. The van der Waals surface area contributed by atoms with Gasteiger partial charge in [-0.1, -0.05) is 18.1 Å². The largest absolute Gasteiger partial charge is 0.480 e. The van der Waals surface area contributed by atoms with Gasteiger partial charge in [0, 0.05) is 11.5 Å². The molecule has 1 aromatic rings. The van der Waals surface area contributed by atoms with Crippen LogP contribution < -0.4 is 5.73 Å². The number of rotatable bonds is 2. The fraction of sp³-hybridized carbons (Fsp3) is 0.250. The van der Waals surface area contributed by atoms with E-state index in [-0.39, 0.29) is 5.92 Å². The molecule has 2 rings (SSSR count). The Labute approximate surface area is 87.9 Å². The number of aliphatic carboxylic acids is 1. The first kappa shape index (κ1) is 9.75. The van der Waals surface area contributed by atoms with E-state index >= 15 is 0 Å². The third-order valence-corrected chi connectivity index (χ3v) is 2.88. The maximum absolute atomic E-state index is 10.8. The molecule has 1 aromatic carbocycles. The van der Waals surface area contributed by atoms with Crippen molar-refractivity contribution in [1.82, 2.24) is 0 Å². The molecule has 1 saturated carbocycles. The molecule has 0 aromatic heterocycles. The van der Waals surface area contributed by atoms with Crippen LogP contribution in [0.2, 0.25) is 0 Å². The van der Waals surface area contributed by atoms with Gasteiger partial charge in [0.15, 0.2) is 0 Å². The van der Waals surface area contributed by atoms with Crippen molar-refractivity contribution in [2.24, 2.45) is 5.73 Å². The fourth-order valence-electron chi connectivity index (χ4n) is 1.74. The zero-order chi connectivity index (χ0) is 11.1. The zero-order valence-electron chi connectivity index (χ0n) is 8.10. The van der Waals surface area contributed by atoms with Crippen LogP contribution in [0.3, 0.4) is 0 Å². The SMILES string of the molecule is C#Cc1ccc([C@H]2C[C@@]2(N)C(=O)O)cc1. The Kier molecular flexibility index (Phi) is 2.02. The van der Waals surface area contributed by atoms with Crippen LogP contribution in [-0.2, 0) is 4.79 Å². The molecule has 3 N–H and O–H groups in total. The monoisotopic (exact) mass is 201 g/mol. The summed E-state index contributed by atoms with van der Waals surface area (Å²) in [6.45, 7) is 0. The summed E-state index contributed by atoms with van der Waals surface area (Å²) in [5.74, 6) is 1.49. The van der Waals surface area contributed by atoms with Crippen LogP contribution in [0.5, 0.6) is 0 Å². The molecule has 0 saturated heterocycles. The first-order valence-corrected chi connectivity index (χ1v) is 4.67. The summed E-state index contributed by atoms with van der Waals surface area (Å²) in [7, 11) is 0. The summed E-state index contributed by atoms with van der Waals surface area (Å²) in [4.78, 5) is 10.8. The van der Waals surface area contributed by atoms with Gasteiger partial charge in [-0.15, -0.1) is 6.42 Å². The second-order valence-corrected chi connectivity index (χ2v) is 3.87. The van der Waals surface area contributed by atoms with Gasteiger partial charge in [0.2, 0.25) is 0 Å². The predicted molar refractivity (Wildman–Crippen MR) is 56.3 cm³/mol. The van der Waals surface area contributed by atoms with Crippen LogP contribution in [0.4, 0.5) is 0 Å². The minimum absolute atomic E-state index is 0.0816. The lowest BCUT2D eigenvalue weighted by molar-refractivity contribution is -0.139. The summed E-state index contributed by atoms with van der Waals surface area (Å²) in [6, 6.07) is 7.29. The van der Waals surface area contributed by atoms with Crippen LogP contribution in [0.25, 0.3) is 0 Å². The fourth-order valence-corrected chi connectivity index (χ4v) is 1.74. The molecule has 0 aliphatic heterocycles. The van der Waals surface area contributed by atoms with Crippen LogP contribution in [-0.4, -0.2) is 16.6 Å². The molecule has 1 aliphatic carbocycles. The van der Waals surface area contributed by atoms with Crippen molar-refractivity contribution in [2.45, 2.75) is 17.9 Å². The van der Waals surface area contributed by atoms with E-state index in [4.69, 9.17) is 17.3 Å². The van der Waals surface area contributed by atoms with Gasteiger partial charge in [-0.05, 0) is 24.1 Å². The van der Waals surface area contributed by atoms with E-state index in [0.717, 1.165) is 11.1 Å². The number of terminal acetylenes is 1. The normalized spacial score (nSPS) is 28.1. The van der Waals surface area contributed by atoms with Crippen molar-refractivity contribution in [3.63, 3.8) is 0 Å². The van der Waals surface area contributed by atoms with Gasteiger partial charge in [0.25, 0.3) is 0 Å². The Morgan fingerprint density at radius 1 is 1.53 bits per heavy atom. The lowest BCUT2D eigenvalue weighted by atomic mass is 10.0. The molecule has 0 spiro atoms. The van der Waals surface area contributed by atoms with Crippen molar-refractivity contribution >= 4 is 5.97 Å². The Bertz CT molecular complexity index is 444. The van der Waals surface area contributed by atoms with Crippen LogP contribution in [0.15, 0.2) is 24.3 Å². The third-order valence-electron chi connectivity index (χ3n) is 2.88. The molecule has 3 heteroatoms. The highest BCUT2D eigenvalue weighted by Crippen LogP contribution is 2.49. The van der Waals surface area contributed by atoms with Crippen molar-refractivity contribution in [3.8, 4) is 12.3 Å². The van der Waals surface area contributed by atoms with Gasteiger partial charge >= 0.3 is 5.97 Å². The number of carboxylic acid groups (broad SMARTS) is 1. The number of hydrogen-bond donors (Lipinski definition) is 2. The average Bonchev–Trinajstić information content (AvgIpc) is 2.93. The van der Waals surface area contributed by atoms with E-state index in [2.05, 4.69) is 5.92 Å². The Morgan fingerprint density at radius 2 is 2.13 bits per heavy atom. The second kappa shape index (κ2) is 3.11. The van der Waals surface area contributed by atoms with Gasteiger partial charge < -0.3 is 10.8 Å². The molecule has 0 bridgehead atoms. The first-order valence-electron chi connectivity index (χ1n) is 4.67. The standard InChI is InChI=1S/C12H11NO2/c1-2-8-3-5-9(6-4-8)10-7-12(10,13)11(14)15/h1,3-6,10H,7,13H2,(H,14,15)/t10-,12+/m1/s1. The van der Waals surface area contributed by atoms with E-state index in [0.29, 0.717) is 6.42 Å². The van der Waals surface area contributed by atoms with Crippen molar-refractivity contribution in [3.05, 3.63) is 35.4 Å². The van der Waals surface area contributed by atoms with Crippen molar-refractivity contribution in [2.75, 3.05) is 0 Å². The number of carboxylic acids is 1. The topological polar surface area (TPSA) is 63.3 Å². The molecule has 0 heterocycles. The van der Waals surface area contributed by atoms with E-state index in [9.17, 15) is 4.79 Å². The Morgan fingerprint density at radius 3 is 2.53 bits per heavy atom. The lowest BCUT2D eigenvalue weighted by Gasteiger charge is -2.05. The number of carbonyl (C=O) groups is 1. The molecule has 76 valence electrons. The summed E-state index contributed by atoms with van der Waals surface area (Å²) < 4.78 is 0. The summed E-state index contributed by atoms with van der Waals surface area (Å²) >= 11 is 0. The molecular weight excluding hydrogens is 190 g/mol. The van der Waals surface area contributed by atoms with Crippen LogP contribution >= 0.6 is 0 Å². The summed E-state index contributed by atoms with van der Waals surface area (Å²) in [5, 5.41) is 8.89. The zero-order valence-corrected chi connectivity index (χ0v) is 8.10. The van der Waals surface area contributed by atoms with Gasteiger partial charge in [-0.2, -0.15) is 0 Å². The minimum atomic E-state index is -1.07. The lowest BCUT2D eigenvalue weighted by Crippen LogP contribution is -2.34. The molecular formula is C12H11NO2. The number of hydrogen-bond acceptors (Lipinski definition) is 2. The smallest absolute Gasteiger partial charge is 0.324 e. The average molecular weight is 201 g/mol. The van der Waals surface area contributed by atoms with Crippen LogP contribution in [0.1, 0.15) is 23.5 Å². The summed E-state index contributed by atoms with van der Waals surface area (Å²) in [5.41, 5.74) is 6.36. The Hall–Kier alpha value is -1.79. The number of nitrogens with two attached hydrogens (primary N) is 1. The van der Waals surface area contributed by atoms with Crippen molar-refractivity contribution in [1.29, 1.82) is 0 Å². The molecule has 0 radical (unpaired) electrons. The molecule has 0 amide bonds. The molecule has 1 aliphatic rings. The highest BCUT2D eigenvalue weighted by Gasteiger charge is 2.58. The van der Waals surface area contributed by atoms with E-state index in [1.165, 1.54) is 0 Å². The Balaban J connectivity index is 2.21. The molecule has 0 unspecified atom stereocenters. The highest BCUT2D eigenvalue weighted by molar-refractivity contribution is 5.84. The minimum Gasteiger partial charge on any atom is -0.480 e. The molecule has 15 heavy (non-hydrogen) atoms. The molecule has 1 fully saturated rings. The van der Waals surface area contributed by atoms with E-state index in [1.807, 2.05) is 12.1 Å². The predicted octanol–water partition coefficient (Wildman–Crippen LogP) is 0.937. The quantitative estimate of drug-likeness (QED) is 0.700. The van der Waals surface area contributed by atoms with Gasteiger partial charge in [0.05, 0.1) is 0 Å². The van der Waals surface area contributed by atoms with Gasteiger partial charge in [0.1, 0.15) is 5.54 Å². The third kappa shape index (κ3) is 1.49. The second-order valence-electron chi connectivity index (χ2n) is 3.87. The van der Waals surface area contributed by atoms with Crippen molar-refractivity contribution < 1.29 is 9.90 Å². The maximum atomic E-state index is 10.8. The van der Waals surface area contributed by atoms with Gasteiger partial charge in [-0.3, -0.25) is 4.79 Å². The number of benzene rings is 1. The highest BCUT2D eigenvalue weighted by atomic mass is 16.4. The van der Waals surface area contributed by atoms with E-state index in [1.54, 1.807) is 12.1 Å². The van der Waals surface area contributed by atoms with Crippen LogP contribution in [0, 0.1) is 12.3 Å². The maximum Gasteiger partial charge on any atom is 0.324 e. The molecule has 3 nitrogen and oxygen atoms in total. The molecule has 2 atom stereocenters. The van der Waals surface area contributed by atoms with E-state index < -0.39 is 11.5 Å². The van der Waals surface area contributed by atoms with Gasteiger partial charge in [-0.25, -0.2) is 0 Å².